The molecule has 1 aliphatic rings. The Morgan fingerprint density at radius 2 is 1.59 bits per heavy atom. The molecule has 0 amide bonds. The molecule has 0 aromatic heterocycles. The zero-order valence-corrected chi connectivity index (χ0v) is 18.5. The van der Waals surface area contributed by atoms with Crippen molar-refractivity contribution in [1.82, 2.24) is 4.90 Å². The number of ether oxygens (including phenoxy) is 4. The fourth-order valence-corrected chi connectivity index (χ4v) is 3.94. The van der Waals surface area contributed by atoms with E-state index in [0.717, 1.165) is 56.8 Å². The lowest BCUT2D eigenvalue weighted by atomic mass is 9.93. The summed E-state index contributed by atoms with van der Waals surface area (Å²) in [6.07, 6.45) is -0.886. The summed E-state index contributed by atoms with van der Waals surface area (Å²) >= 11 is 0. The summed E-state index contributed by atoms with van der Waals surface area (Å²) in [5.74, 6) is 1.79. The van der Waals surface area contributed by atoms with Gasteiger partial charge in [0, 0.05) is 6.54 Å². The van der Waals surface area contributed by atoms with Crippen molar-refractivity contribution in [2.45, 2.75) is 32.0 Å². The van der Waals surface area contributed by atoms with Crippen molar-refractivity contribution in [3.63, 3.8) is 0 Å². The van der Waals surface area contributed by atoms with Gasteiger partial charge in [-0.05, 0) is 74.5 Å². The molecule has 0 atom stereocenters. The van der Waals surface area contributed by atoms with E-state index in [2.05, 4.69) is 15.7 Å². The van der Waals surface area contributed by atoms with Crippen molar-refractivity contribution in [2.75, 3.05) is 40.5 Å². The number of benzene rings is 2. The van der Waals surface area contributed by atoms with Gasteiger partial charge in [0.1, 0.15) is 0 Å². The third-order valence-electron chi connectivity index (χ3n) is 5.73. The molecule has 1 heterocycles. The van der Waals surface area contributed by atoms with E-state index < -0.39 is 6.36 Å². The van der Waals surface area contributed by atoms with Crippen LogP contribution in [0.4, 0.5) is 13.2 Å². The van der Waals surface area contributed by atoms with Crippen molar-refractivity contribution >= 4 is 0 Å². The van der Waals surface area contributed by atoms with Gasteiger partial charge in [-0.25, -0.2) is 0 Å². The molecule has 0 spiro atoms. The van der Waals surface area contributed by atoms with E-state index in [0.29, 0.717) is 12.5 Å². The highest BCUT2D eigenvalue weighted by Gasteiger charge is 2.32. The monoisotopic (exact) mass is 453 g/mol. The van der Waals surface area contributed by atoms with Crippen molar-refractivity contribution in [2.24, 2.45) is 5.92 Å². The molecule has 1 saturated heterocycles. The van der Waals surface area contributed by atoms with Gasteiger partial charge >= 0.3 is 6.36 Å². The van der Waals surface area contributed by atoms with Crippen LogP contribution in [0, 0.1) is 5.92 Å². The average molecular weight is 454 g/mol. The van der Waals surface area contributed by atoms with Gasteiger partial charge in [0.2, 0.25) is 0 Å². The second-order valence-electron chi connectivity index (χ2n) is 7.86. The zero-order chi connectivity index (χ0) is 23.0. The van der Waals surface area contributed by atoms with E-state index >= 15 is 0 Å². The van der Waals surface area contributed by atoms with Gasteiger partial charge in [0.25, 0.3) is 0 Å². The van der Waals surface area contributed by atoms with Gasteiger partial charge in [0.15, 0.2) is 23.0 Å². The Labute approximate surface area is 187 Å². The summed E-state index contributed by atoms with van der Waals surface area (Å²) < 4.78 is 57.8. The first-order valence-corrected chi connectivity index (χ1v) is 10.8. The Balaban J connectivity index is 1.39. The molecule has 2 aromatic carbocycles. The highest BCUT2D eigenvalue weighted by Crippen LogP contribution is 2.32. The molecule has 176 valence electrons. The summed E-state index contributed by atoms with van der Waals surface area (Å²) in [6, 6.07) is 11.9. The molecule has 0 N–H and O–H groups in total. The summed E-state index contributed by atoms with van der Waals surface area (Å²) in [7, 11) is 3.26. The number of methoxy groups -OCH3 is 2. The topological polar surface area (TPSA) is 40.2 Å². The Hall–Kier alpha value is -2.61. The molecular weight excluding hydrogens is 423 g/mol. The lowest BCUT2D eigenvalue weighted by molar-refractivity contribution is -0.275. The predicted molar refractivity (Wildman–Crippen MR) is 116 cm³/mol. The molecular formula is C24H30F3NO4. The van der Waals surface area contributed by atoms with Gasteiger partial charge < -0.3 is 23.8 Å². The Morgan fingerprint density at radius 1 is 0.906 bits per heavy atom. The normalized spacial score (nSPS) is 15.4. The SMILES string of the molecule is COc1ccc(CCN2CCC(CCOc3ccccc3OC(F)(F)F)CC2)cc1OC. The van der Waals surface area contributed by atoms with Crippen LogP contribution in [-0.2, 0) is 6.42 Å². The smallest absolute Gasteiger partial charge is 0.493 e. The molecule has 5 nitrogen and oxygen atoms in total. The number of para-hydroxylation sites is 2. The summed E-state index contributed by atoms with van der Waals surface area (Å²) in [6.45, 7) is 3.35. The number of hydrogen-bond acceptors (Lipinski definition) is 5. The van der Waals surface area contributed by atoms with Crippen LogP contribution in [0.25, 0.3) is 0 Å². The lowest BCUT2D eigenvalue weighted by Gasteiger charge is -2.32. The Morgan fingerprint density at radius 3 is 2.25 bits per heavy atom. The van der Waals surface area contributed by atoms with Crippen molar-refractivity contribution in [1.29, 1.82) is 0 Å². The largest absolute Gasteiger partial charge is 0.573 e. The molecule has 0 saturated carbocycles. The second-order valence-corrected chi connectivity index (χ2v) is 7.86. The minimum atomic E-state index is -4.73. The maximum Gasteiger partial charge on any atom is 0.573 e. The molecule has 3 rings (SSSR count). The fourth-order valence-electron chi connectivity index (χ4n) is 3.94. The van der Waals surface area contributed by atoms with Crippen LogP contribution in [0.3, 0.4) is 0 Å². The van der Waals surface area contributed by atoms with Crippen molar-refractivity contribution in [3.8, 4) is 23.0 Å². The third-order valence-corrected chi connectivity index (χ3v) is 5.73. The van der Waals surface area contributed by atoms with Gasteiger partial charge in [-0.15, -0.1) is 13.2 Å². The standard InChI is InChI=1S/C24H30F3NO4/c1-29-20-8-7-19(17-23(20)30-2)11-15-28-13-9-18(10-14-28)12-16-31-21-5-3-4-6-22(21)32-24(25,26)27/h3-8,17-18H,9-16H2,1-2H3. The quantitative estimate of drug-likeness (QED) is 0.487. The number of likely N-dealkylation sites (tertiary alicyclic amines) is 1. The highest BCUT2D eigenvalue weighted by atomic mass is 19.4. The zero-order valence-electron chi connectivity index (χ0n) is 18.5. The molecule has 0 unspecified atom stereocenters. The van der Waals surface area contributed by atoms with Gasteiger partial charge in [-0.2, -0.15) is 0 Å². The molecule has 2 aromatic rings. The van der Waals surface area contributed by atoms with Crippen LogP contribution in [-0.4, -0.2) is 51.7 Å². The fraction of sp³-hybridized carbons (Fsp3) is 0.500. The van der Waals surface area contributed by atoms with Crippen LogP contribution >= 0.6 is 0 Å². The van der Waals surface area contributed by atoms with E-state index in [1.54, 1.807) is 20.3 Å². The minimum absolute atomic E-state index is 0.122. The third kappa shape index (κ3) is 7.22. The van der Waals surface area contributed by atoms with E-state index in [1.165, 1.54) is 23.8 Å². The average Bonchev–Trinajstić information content (AvgIpc) is 2.78. The molecule has 1 fully saturated rings. The number of nitrogens with zero attached hydrogens (tertiary/aromatic N) is 1. The molecule has 32 heavy (non-hydrogen) atoms. The van der Waals surface area contributed by atoms with Crippen molar-refractivity contribution in [3.05, 3.63) is 48.0 Å². The number of rotatable bonds is 10. The first-order chi connectivity index (χ1) is 15.4. The first kappa shape index (κ1) is 24.0. The number of piperidine rings is 1. The van der Waals surface area contributed by atoms with Crippen LogP contribution in [0.5, 0.6) is 23.0 Å². The van der Waals surface area contributed by atoms with Gasteiger partial charge in [-0.1, -0.05) is 18.2 Å². The van der Waals surface area contributed by atoms with Crippen LogP contribution < -0.4 is 18.9 Å². The molecule has 8 heteroatoms. The van der Waals surface area contributed by atoms with E-state index in [4.69, 9.17) is 14.2 Å². The highest BCUT2D eigenvalue weighted by molar-refractivity contribution is 5.43. The lowest BCUT2D eigenvalue weighted by Crippen LogP contribution is -2.35. The summed E-state index contributed by atoms with van der Waals surface area (Å²) in [4.78, 5) is 2.44. The first-order valence-electron chi connectivity index (χ1n) is 10.8. The summed E-state index contributed by atoms with van der Waals surface area (Å²) in [5, 5.41) is 0. The molecule has 1 aliphatic heterocycles. The molecule has 0 radical (unpaired) electrons. The number of halogens is 3. The van der Waals surface area contributed by atoms with Crippen LogP contribution in [0.1, 0.15) is 24.8 Å². The number of hydrogen-bond donors (Lipinski definition) is 0. The Bertz CT molecular complexity index is 851. The molecule has 0 aliphatic carbocycles. The predicted octanol–water partition coefficient (Wildman–Crippen LogP) is 5.33. The van der Waals surface area contributed by atoms with Crippen LogP contribution in [0.15, 0.2) is 42.5 Å². The van der Waals surface area contributed by atoms with Gasteiger partial charge in [-0.3, -0.25) is 0 Å². The molecule has 0 bridgehead atoms. The van der Waals surface area contributed by atoms with E-state index in [1.807, 2.05) is 12.1 Å². The van der Waals surface area contributed by atoms with Gasteiger partial charge in [0.05, 0.1) is 20.8 Å². The van der Waals surface area contributed by atoms with Crippen LogP contribution in [0.2, 0.25) is 0 Å². The van der Waals surface area contributed by atoms with Crippen molar-refractivity contribution < 1.29 is 32.1 Å². The Kier molecular flexibility index (Phi) is 8.50. The van der Waals surface area contributed by atoms with E-state index in [9.17, 15) is 13.2 Å². The minimum Gasteiger partial charge on any atom is -0.493 e. The second kappa shape index (κ2) is 11.3. The maximum atomic E-state index is 12.5. The summed E-state index contributed by atoms with van der Waals surface area (Å²) in [5.41, 5.74) is 1.21. The number of alkyl halides is 3. The van der Waals surface area contributed by atoms with E-state index in [-0.39, 0.29) is 11.5 Å². The maximum absolute atomic E-state index is 12.5.